The van der Waals surface area contributed by atoms with E-state index in [0.717, 1.165) is 24.3 Å². The first kappa shape index (κ1) is 15.0. The summed E-state index contributed by atoms with van der Waals surface area (Å²) in [5, 5.41) is 10.5. The molecule has 0 spiro atoms. The topological polar surface area (TPSA) is 20.2 Å². The van der Waals surface area contributed by atoms with E-state index < -0.39 is 17.7 Å². The summed E-state index contributed by atoms with van der Waals surface area (Å²) in [7, 11) is 0. The van der Waals surface area contributed by atoms with Crippen LogP contribution in [0.25, 0.3) is 0 Å². The van der Waals surface area contributed by atoms with Crippen LogP contribution >= 0.6 is 0 Å². The highest BCUT2D eigenvalue weighted by Gasteiger charge is 2.38. The summed E-state index contributed by atoms with van der Waals surface area (Å²) >= 11 is 0. The van der Waals surface area contributed by atoms with Crippen LogP contribution in [0.15, 0.2) is 12.1 Å². The predicted molar refractivity (Wildman–Crippen MR) is 78.9 cm³/mol. The van der Waals surface area contributed by atoms with E-state index in [1.807, 2.05) is 0 Å². The zero-order chi connectivity index (χ0) is 15.0. The van der Waals surface area contributed by atoms with Gasteiger partial charge in [-0.3, -0.25) is 0 Å². The van der Waals surface area contributed by atoms with Crippen molar-refractivity contribution in [2.75, 3.05) is 0 Å². The van der Waals surface area contributed by atoms with Crippen LogP contribution in [-0.2, 0) is 6.42 Å². The average molecular weight is 294 g/mol. The van der Waals surface area contributed by atoms with Crippen LogP contribution in [0, 0.1) is 29.4 Å². The molecule has 116 valence electrons. The molecular weight excluding hydrogens is 270 g/mol. The van der Waals surface area contributed by atoms with Crippen molar-refractivity contribution in [2.24, 2.45) is 17.8 Å². The number of aliphatic hydroxyl groups is 1. The van der Waals surface area contributed by atoms with E-state index in [4.69, 9.17) is 0 Å². The van der Waals surface area contributed by atoms with E-state index in [1.165, 1.54) is 37.8 Å². The van der Waals surface area contributed by atoms with Gasteiger partial charge in [-0.1, -0.05) is 32.6 Å². The minimum absolute atomic E-state index is 0.142. The van der Waals surface area contributed by atoms with Gasteiger partial charge in [0.2, 0.25) is 0 Å². The molecule has 1 aromatic carbocycles. The summed E-state index contributed by atoms with van der Waals surface area (Å²) in [6.07, 6.45) is 7.37. The Morgan fingerprint density at radius 1 is 1.10 bits per heavy atom. The van der Waals surface area contributed by atoms with Crippen LogP contribution in [-0.4, -0.2) is 5.11 Å². The van der Waals surface area contributed by atoms with Gasteiger partial charge in [-0.05, 0) is 60.3 Å². The van der Waals surface area contributed by atoms with Crippen molar-refractivity contribution in [3.63, 3.8) is 0 Å². The zero-order valence-corrected chi connectivity index (χ0v) is 12.6. The lowest BCUT2D eigenvalue weighted by Crippen LogP contribution is -2.24. The molecule has 0 aromatic heterocycles. The molecule has 1 saturated carbocycles. The molecular formula is C18H24F2O. The van der Waals surface area contributed by atoms with Gasteiger partial charge in [-0.2, -0.15) is 0 Å². The van der Waals surface area contributed by atoms with Crippen molar-refractivity contribution < 1.29 is 13.9 Å². The van der Waals surface area contributed by atoms with Crippen LogP contribution in [0.3, 0.4) is 0 Å². The van der Waals surface area contributed by atoms with Gasteiger partial charge in [0, 0.05) is 0 Å². The summed E-state index contributed by atoms with van der Waals surface area (Å²) in [6.45, 7) is 2.23. The van der Waals surface area contributed by atoms with Gasteiger partial charge in [0.1, 0.15) is 0 Å². The highest BCUT2D eigenvalue weighted by molar-refractivity contribution is 5.36. The predicted octanol–water partition coefficient (Wildman–Crippen LogP) is 4.78. The standard InChI is InChI=1S/C18H24F2O/c1-2-3-11-4-6-12(7-5-11)14-8-13-9-16(19)17(20)10-15(13)18(14)21/h9-12,14,18,21H,2-8H2,1H3. The van der Waals surface area contributed by atoms with E-state index in [-0.39, 0.29) is 5.92 Å². The summed E-state index contributed by atoms with van der Waals surface area (Å²) in [5.74, 6) is -0.175. The Labute approximate surface area is 125 Å². The van der Waals surface area contributed by atoms with E-state index in [2.05, 4.69) is 6.92 Å². The largest absolute Gasteiger partial charge is 0.388 e. The maximum Gasteiger partial charge on any atom is 0.159 e. The molecule has 3 heteroatoms. The number of halogens is 2. The lowest BCUT2D eigenvalue weighted by molar-refractivity contribution is 0.0637. The number of aliphatic hydroxyl groups excluding tert-OH is 1. The van der Waals surface area contributed by atoms with E-state index in [9.17, 15) is 13.9 Å². The highest BCUT2D eigenvalue weighted by Crippen LogP contribution is 2.46. The second-order valence-electron chi connectivity index (χ2n) is 6.85. The molecule has 21 heavy (non-hydrogen) atoms. The van der Waals surface area contributed by atoms with Gasteiger partial charge in [0.25, 0.3) is 0 Å². The third-order valence-electron chi connectivity index (χ3n) is 5.56. The van der Waals surface area contributed by atoms with Crippen LogP contribution in [0.1, 0.15) is 62.7 Å². The summed E-state index contributed by atoms with van der Waals surface area (Å²) in [5.41, 5.74) is 1.40. The molecule has 0 radical (unpaired) electrons. The molecule has 0 bridgehead atoms. The third kappa shape index (κ3) is 2.85. The molecule has 0 aliphatic heterocycles. The molecule has 2 aliphatic carbocycles. The number of hydrogen-bond acceptors (Lipinski definition) is 1. The first-order valence-corrected chi connectivity index (χ1v) is 8.26. The highest BCUT2D eigenvalue weighted by atomic mass is 19.2. The van der Waals surface area contributed by atoms with Gasteiger partial charge < -0.3 is 5.11 Å². The van der Waals surface area contributed by atoms with Crippen molar-refractivity contribution in [3.8, 4) is 0 Å². The van der Waals surface area contributed by atoms with Crippen LogP contribution in [0.4, 0.5) is 8.78 Å². The Kier molecular flexibility index (Phi) is 4.30. The number of fused-ring (bicyclic) bond motifs is 1. The quantitative estimate of drug-likeness (QED) is 0.851. The Morgan fingerprint density at radius 3 is 2.43 bits per heavy atom. The Hall–Kier alpha value is -0.960. The fraction of sp³-hybridized carbons (Fsp3) is 0.667. The van der Waals surface area contributed by atoms with Gasteiger partial charge in [0.15, 0.2) is 11.6 Å². The average Bonchev–Trinajstić information content (AvgIpc) is 2.78. The van der Waals surface area contributed by atoms with Crippen molar-refractivity contribution in [3.05, 3.63) is 34.9 Å². The van der Waals surface area contributed by atoms with Gasteiger partial charge in [-0.15, -0.1) is 0 Å². The molecule has 0 amide bonds. The molecule has 0 saturated heterocycles. The molecule has 1 nitrogen and oxygen atoms in total. The lowest BCUT2D eigenvalue weighted by Gasteiger charge is -2.33. The fourth-order valence-electron chi connectivity index (χ4n) is 4.39. The number of hydrogen-bond donors (Lipinski definition) is 1. The first-order valence-electron chi connectivity index (χ1n) is 8.26. The monoisotopic (exact) mass is 294 g/mol. The van der Waals surface area contributed by atoms with Gasteiger partial charge >= 0.3 is 0 Å². The first-order chi connectivity index (χ1) is 10.1. The number of rotatable bonds is 3. The molecule has 0 heterocycles. The lowest BCUT2D eigenvalue weighted by atomic mass is 9.73. The summed E-state index contributed by atoms with van der Waals surface area (Å²) in [4.78, 5) is 0. The van der Waals surface area contributed by atoms with Gasteiger partial charge in [0.05, 0.1) is 6.10 Å². The van der Waals surface area contributed by atoms with Crippen molar-refractivity contribution in [1.82, 2.24) is 0 Å². The maximum atomic E-state index is 13.4. The van der Waals surface area contributed by atoms with Crippen LogP contribution in [0.5, 0.6) is 0 Å². The molecule has 2 unspecified atom stereocenters. The molecule has 1 fully saturated rings. The smallest absolute Gasteiger partial charge is 0.159 e. The summed E-state index contributed by atoms with van der Waals surface area (Å²) < 4.78 is 26.7. The Balaban J connectivity index is 1.69. The Bertz CT molecular complexity index is 506. The van der Waals surface area contributed by atoms with Crippen molar-refractivity contribution in [2.45, 2.75) is 58.0 Å². The molecule has 1 aromatic rings. The van der Waals surface area contributed by atoms with E-state index in [1.54, 1.807) is 0 Å². The second kappa shape index (κ2) is 6.04. The van der Waals surface area contributed by atoms with Gasteiger partial charge in [-0.25, -0.2) is 8.78 Å². The SMILES string of the molecule is CCCC1CCC(C2Cc3cc(F)c(F)cc3C2O)CC1. The minimum atomic E-state index is -0.847. The van der Waals surface area contributed by atoms with Crippen molar-refractivity contribution in [1.29, 1.82) is 0 Å². The molecule has 2 atom stereocenters. The minimum Gasteiger partial charge on any atom is -0.388 e. The van der Waals surface area contributed by atoms with Crippen LogP contribution in [0.2, 0.25) is 0 Å². The van der Waals surface area contributed by atoms with E-state index in [0.29, 0.717) is 17.9 Å². The van der Waals surface area contributed by atoms with Crippen LogP contribution < -0.4 is 0 Å². The van der Waals surface area contributed by atoms with Crippen molar-refractivity contribution >= 4 is 0 Å². The molecule has 1 N–H and O–H groups in total. The zero-order valence-electron chi connectivity index (χ0n) is 12.6. The molecule has 2 aliphatic rings. The second-order valence-corrected chi connectivity index (χ2v) is 6.85. The molecule has 3 rings (SSSR count). The normalized spacial score (nSPS) is 32.2. The number of benzene rings is 1. The maximum absolute atomic E-state index is 13.4. The summed E-state index contributed by atoms with van der Waals surface area (Å²) in [6, 6.07) is 2.47. The fourth-order valence-corrected chi connectivity index (χ4v) is 4.39. The Morgan fingerprint density at radius 2 is 1.76 bits per heavy atom. The van der Waals surface area contributed by atoms with E-state index >= 15 is 0 Å². The third-order valence-corrected chi connectivity index (χ3v) is 5.56.